The van der Waals surface area contributed by atoms with Crippen LogP contribution in [0.15, 0.2) is 60.7 Å². The van der Waals surface area contributed by atoms with E-state index in [1.807, 2.05) is 74.5 Å². The summed E-state index contributed by atoms with van der Waals surface area (Å²) in [6.07, 6.45) is -0.883. The molecule has 0 aromatic heterocycles. The molecule has 2 unspecified atom stereocenters. The minimum Gasteiger partial charge on any atom is -0.451 e. The summed E-state index contributed by atoms with van der Waals surface area (Å²) in [5.74, 6) is -0.702. The fourth-order valence-electron chi connectivity index (χ4n) is 2.23. The molecule has 2 aromatic carbocycles. The summed E-state index contributed by atoms with van der Waals surface area (Å²) in [5.41, 5.74) is 1.77. The fourth-order valence-corrected chi connectivity index (χ4v) is 2.23. The molecule has 0 saturated heterocycles. The van der Waals surface area contributed by atoms with Crippen LogP contribution in [-0.2, 0) is 9.53 Å². The van der Waals surface area contributed by atoms with E-state index in [1.165, 1.54) is 0 Å². The maximum atomic E-state index is 12.2. The van der Waals surface area contributed by atoms with Gasteiger partial charge in [-0.3, -0.25) is 0 Å². The quantitative estimate of drug-likeness (QED) is 0.827. The molecule has 116 valence electrons. The minimum absolute atomic E-state index is 0.125. The van der Waals surface area contributed by atoms with Crippen LogP contribution in [0, 0.1) is 5.92 Å². The third-order valence-corrected chi connectivity index (χ3v) is 3.86. The van der Waals surface area contributed by atoms with Crippen LogP contribution in [0.3, 0.4) is 0 Å². The molecule has 22 heavy (non-hydrogen) atoms. The SMILES string of the molecule is CCC(C)C(O)C(=O)OC(c1ccccc1)c1ccccc1. The van der Waals surface area contributed by atoms with Crippen LogP contribution in [0.2, 0.25) is 0 Å². The Hall–Kier alpha value is -2.13. The van der Waals surface area contributed by atoms with E-state index in [-0.39, 0.29) is 5.92 Å². The van der Waals surface area contributed by atoms with E-state index in [4.69, 9.17) is 4.74 Å². The average Bonchev–Trinajstić information content (AvgIpc) is 2.59. The van der Waals surface area contributed by atoms with E-state index < -0.39 is 18.2 Å². The van der Waals surface area contributed by atoms with Crippen molar-refractivity contribution in [3.63, 3.8) is 0 Å². The molecule has 0 amide bonds. The molecule has 0 aliphatic heterocycles. The van der Waals surface area contributed by atoms with Crippen LogP contribution < -0.4 is 0 Å². The van der Waals surface area contributed by atoms with Gasteiger partial charge in [0, 0.05) is 0 Å². The van der Waals surface area contributed by atoms with Gasteiger partial charge in [0.25, 0.3) is 0 Å². The van der Waals surface area contributed by atoms with Crippen molar-refractivity contribution < 1.29 is 14.6 Å². The number of benzene rings is 2. The summed E-state index contributed by atoms with van der Waals surface area (Å²) in [6.45, 7) is 3.78. The van der Waals surface area contributed by atoms with Crippen LogP contribution in [0.4, 0.5) is 0 Å². The summed E-state index contributed by atoms with van der Waals surface area (Å²) < 4.78 is 5.62. The third-order valence-electron chi connectivity index (χ3n) is 3.86. The van der Waals surface area contributed by atoms with Crippen molar-refractivity contribution in [1.29, 1.82) is 0 Å². The molecule has 2 rings (SSSR count). The predicted molar refractivity (Wildman–Crippen MR) is 86.3 cm³/mol. The number of aliphatic hydroxyl groups excluding tert-OH is 1. The van der Waals surface area contributed by atoms with Gasteiger partial charge in [-0.2, -0.15) is 0 Å². The monoisotopic (exact) mass is 298 g/mol. The lowest BCUT2D eigenvalue weighted by molar-refractivity contribution is -0.160. The summed E-state index contributed by atoms with van der Waals surface area (Å²) in [4.78, 5) is 12.2. The van der Waals surface area contributed by atoms with Gasteiger partial charge in [0.1, 0.15) is 0 Å². The van der Waals surface area contributed by atoms with Gasteiger partial charge in [0.2, 0.25) is 0 Å². The highest BCUT2D eigenvalue weighted by Gasteiger charge is 2.27. The van der Waals surface area contributed by atoms with E-state index in [0.717, 1.165) is 17.5 Å². The largest absolute Gasteiger partial charge is 0.451 e. The van der Waals surface area contributed by atoms with Gasteiger partial charge in [-0.1, -0.05) is 80.9 Å². The first kappa shape index (κ1) is 16.2. The first-order valence-electron chi connectivity index (χ1n) is 7.62. The zero-order valence-corrected chi connectivity index (χ0v) is 13.0. The number of hydrogen-bond acceptors (Lipinski definition) is 3. The molecule has 0 fully saturated rings. The molecule has 2 aromatic rings. The Bertz CT molecular complexity index is 541. The van der Waals surface area contributed by atoms with Crippen molar-refractivity contribution in [3.8, 4) is 0 Å². The maximum absolute atomic E-state index is 12.2. The Labute approximate surface area is 131 Å². The number of hydrogen-bond donors (Lipinski definition) is 1. The molecule has 0 heterocycles. The lowest BCUT2D eigenvalue weighted by Gasteiger charge is -2.22. The molecule has 0 spiro atoms. The Morgan fingerprint density at radius 2 is 1.45 bits per heavy atom. The molecular weight excluding hydrogens is 276 g/mol. The van der Waals surface area contributed by atoms with E-state index in [9.17, 15) is 9.90 Å². The zero-order chi connectivity index (χ0) is 15.9. The van der Waals surface area contributed by atoms with E-state index in [1.54, 1.807) is 0 Å². The molecule has 3 nitrogen and oxygen atoms in total. The summed E-state index contributed by atoms with van der Waals surface area (Å²) in [5, 5.41) is 10.1. The Balaban J connectivity index is 2.25. The number of rotatable bonds is 6. The van der Waals surface area contributed by atoms with Crippen LogP contribution >= 0.6 is 0 Å². The lowest BCUT2D eigenvalue weighted by Crippen LogP contribution is -2.30. The normalized spacial score (nSPS) is 13.6. The van der Waals surface area contributed by atoms with Gasteiger partial charge in [0.05, 0.1) is 0 Å². The highest BCUT2D eigenvalue weighted by Crippen LogP contribution is 2.27. The fraction of sp³-hybridized carbons (Fsp3) is 0.316. The first-order valence-corrected chi connectivity index (χ1v) is 7.62. The van der Waals surface area contributed by atoms with Crippen molar-refractivity contribution >= 4 is 5.97 Å². The van der Waals surface area contributed by atoms with E-state index in [0.29, 0.717) is 0 Å². The van der Waals surface area contributed by atoms with Crippen LogP contribution in [0.25, 0.3) is 0 Å². The molecule has 0 bridgehead atoms. The van der Waals surface area contributed by atoms with Gasteiger partial charge in [-0.15, -0.1) is 0 Å². The van der Waals surface area contributed by atoms with Gasteiger partial charge in [0.15, 0.2) is 12.2 Å². The number of esters is 1. The third kappa shape index (κ3) is 3.95. The van der Waals surface area contributed by atoms with Crippen molar-refractivity contribution in [1.82, 2.24) is 0 Å². The molecule has 0 aliphatic rings. The van der Waals surface area contributed by atoms with Crippen molar-refractivity contribution in [2.75, 3.05) is 0 Å². The summed E-state index contributed by atoms with van der Waals surface area (Å²) in [7, 11) is 0. The van der Waals surface area contributed by atoms with E-state index >= 15 is 0 Å². The van der Waals surface area contributed by atoms with Crippen molar-refractivity contribution in [2.45, 2.75) is 32.5 Å². The van der Waals surface area contributed by atoms with Gasteiger partial charge in [-0.05, 0) is 17.0 Å². The van der Waals surface area contributed by atoms with E-state index in [2.05, 4.69) is 0 Å². The predicted octanol–water partition coefficient (Wildman–Crippen LogP) is 3.73. The zero-order valence-electron chi connectivity index (χ0n) is 13.0. The van der Waals surface area contributed by atoms with Crippen LogP contribution in [0.5, 0.6) is 0 Å². The summed E-state index contributed by atoms with van der Waals surface area (Å²) >= 11 is 0. The molecule has 3 heteroatoms. The molecule has 0 saturated carbocycles. The smallest absolute Gasteiger partial charge is 0.336 e. The number of aliphatic hydroxyl groups is 1. The van der Waals surface area contributed by atoms with Gasteiger partial charge in [-0.25, -0.2) is 4.79 Å². The Morgan fingerprint density at radius 3 is 1.86 bits per heavy atom. The Kier molecular flexibility index (Phi) is 5.73. The minimum atomic E-state index is -1.10. The number of carbonyl (C=O) groups excluding carboxylic acids is 1. The number of ether oxygens (including phenoxy) is 1. The second-order valence-corrected chi connectivity index (χ2v) is 5.47. The highest BCUT2D eigenvalue weighted by atomic mass is 16.6. The van der Waals surface area contributed by atoms with Crippen LogP contribution in [-0.4, -0.2) is 17.2 Å². The second kappa shape index (κ2) is 7.76. The van der Waals surface area contributed by atoms with Crippen molar-refractivity contribution in [3.05, 3.63) is 71.8 Å². The lowest BCUT2D eigenvalue weighted by atomic mass is 10.00. The molecular formula is C19H22O3. The first-order chi connectivity index (χ1) is 10.6. The topological polar surface area (TPSA) is 46.5 Å². The van der Waals surface area contributed by atoms with Gasteiger partial charge < -0.3 is 9.84 Å². The average molecular weight is 298 g/mol. The second-order valence-electron chi connectivity index (χ2n) is 5.47. The standard InChI is InChI=1S/C19H22O3/c1-3-14(2)17(20)19(21)22-18(15-10-6-4-7-11-15)16-12-8-5-9-13-16/h4-14,17-18,20H,3H2,1-2H3. The molecule has 0 radical (unpaired) electrons. The van der Waals surface area contributed by atoms with Crippen molar-refractivity contribution in [2.24, 2.45) is 5.92 Å². The summed E-state index contributed by atoms with van der Waals surface area (Å²) in [6, 6.07) is 19.1. The maximum Gasteiger partial charge on any atom is 0.336 e. The number of carbonyl (C=O) groups is 1. The van der Waals surface area contributed by atoms with Gasteiger partial charge >= 0.3 is 5.97 Å². The molecule has 2 atom stereocenters. The Morgan fingerprint density at radius 1 is 1.00 bits per heavy atom. The molecule has 1 N–H and O–H groups in total. The molecule has 0 aliphatic carbocycles. The highest BCUT2D eigenvalue weighted by molar-refractivity contribution is 5.75. The van der Waals surface area contributed by atoms with Crippen LogP contribution in [0.1, 0.15) is 37.5 Å².